The van der Waals surface area contributed by atoms with E-state index in [4.69, 9.17) is 26.5 Å². The Balaban J connectivity index is 0.942. The van der Waals surface area contributed by atoms with Crippen LogP contribution in [0.5, 0.6) is 0 Å². The summed E-state index contributed by atoms with van der Waals surface area (Å²) in [5.74, 6) is 8.66. The van der Waals surface area contributed by atoms with Gasteiger partial charge in [0.25, 0.3) is 0 Å². The summed E-state index contributed by atoms with van der Waals surface area (Å²) >= 11 is 5.95. The maximum atomic E-state index is 11.1. The predicted octanol–water partition coefficient (Wildman–Crippen LogP) is 1.77. The van der Waals surface area contributed by atoms with E-state index < -0.39 is 5.97 Å². The average Bonchev–Trinajstić information content (AvgIpc) is 3.44. The highest BCUT2D eigenvalue weighted by molar-refractivity contribution is 7.99. The lowest BCUT2D eigenvalue weighted by Gasteiger charge is -2.12. The van der Waals surface area contributed by atoms with Crippen molar-refractivity contribution < 1.29 is 9.90 Å². The van der Waals surface area contributed by atoms with Gasteiger partial charge in [0.1, 0.15) is 47.1 Å². The lowest BCUT2D eigenvalue weighted by molar-refractivity contribution is -0.136. The van der Waals surface area contributed by atoms with Crippen LogP contribution in [0.3, 0.4) is 0 Å². The number of nitrogen functional groups attached to an aromatic ring is 1. The van der Waals surface area contributed by atoms with Crippen molar-refractivity contribution >= 4 is 83.9 Å². The molecule has 0 aliphatic heterocycles. The van der Waals surface area contributed by atoms with Gasteiger partial charge in [-0.05, 0) is 64.8 Å². The Labute approximate surface area is 474 Å². The number of rotatable bonds is 41. The molecular weight excluding hydrogens is 1070 g/mol. The van der Waals surface area contributed by atoms with Gasteiger partial charge in [0.05, 0.1) is 6.42 Å². The number of aryl methyl sites for hydroxylation is 7. The van der Waals surface area contributed by atoms with E-state index in [1.165, 1.54) is 6.33 Å². The van der Waals surface area contributed by atoms with Crippen LogP contribution < -0.4 is 59.3 Å². The number of hydrogen-bond donors (Lipinski definition) is 13. The van der Waals surface area contributed by atoms with Gasteiger partial charge in [-0.1, -0.05) is 18.7 Å². The molecule has 31 nitrogen and oxygen atoms in total. The van der Waals surface area contributed by atoms with Crippen molar-refractivity contribution in [3.63, 3.8) is 0 Å². The first-order chi connectivity index (χ1) is 39.1. The molecule has 0 aliphatic carbocycles. The smallest absolute Gasteiger partial charge is 0.305 e. The monoisotopic (exact) mass is 1140 g/mol. The standard InChI is InChI=1S/C47H75N29O2S2/c1-4-80-47-72-36(12-5-19-50-3)71-46(76-47)55-24-10-16-34-66-41(74-44(69-34)57-26-18-48)54-23-9-15-35-67-42(75-45(70-35)58-27-28-79)52-21-6-11-31-59-29-60-39(64-31)51-20-8-14-33-65-40(73-43(68-33)56-25-17-37(77)78)53-22-7-13-32-61-30(2)62-38(49)63-32/h29,50,79H,4-28,48H2,1-3H3,(H,77,78)(H2,49,61,62,63)(H,51,59,60,64)(H,55,71,72,76)(H2,52,58,67,70,75)(H2,53,56,65,68,73)(H2,54,57,66,69,74). The number of nitrogens with one attached hydrogen (secondary N) is 9. The van der Waals surface area contributed by atoms with Crippen molar-refractivity contribution in [3.05, 3.63) is 47.1 Å². The number of hydrogen-bond acceptors (Lipinski definition) is 32. The van der Waals surface area contributed by atoms with Crippen molar-refractivity contribution in [1.82, 2.24) is 95.0 Å². The molecule has 432 valence electrons. The highest BCUT2D eigenvalue weighted by atomic mass is 32.2. The van der Waals surface area contributed by atoms with Crippen LogP contribution in [0.1, 0.15) is 92.6 Å². The fraction of sp³-hybridized carbons (Fsp3) is 0.596. The molecule has 0 radical (unpaired) electrons. The SMILES string of the molecule is CCSc1nc(CCCNC)nc(NCCCc2nc(NCCN)nc(NCCCc3nc(NCCS)nc(NCCCc4ncnc(NCCCc5nc(NCCCc6nc(C)nc(N)n6)nc(NCCC(=O)O)n5)n4)n3)n2)n1. The van der Waals surface area contributed by atoms with Gasteiger partial charge in [0.15, 0.2) is 5.16 Å². The van der Waals surface area contributed by atoms with Crippen molar-refractivity contribution in [2.24, 2.45) is 5.73 Å². The number of nitrogens with two attached hydrogens (primary N) is 2. The quantitative estimate of drug-likeness (QED) is 0.0148. The summed E-state index contributed by atoms with van der Waals surface area (Å²) in [5, 5.41) is 39.0. The fourth-order valence-electron chi connectivity index (χ4n) is 7.35. The van der Waals surface area contributed by atoms with E-state index in [0.717, 1.165) is 42.5 Å². The number of thiol groups is 1. The topological polar surface area (TPSA) is 430 Å². The van der Waals surface area contributed by atoms with E-state index in [1.54, 1.807) is 18.7 Å². The van der Waals surface area contributed by atoms with Crippen molar-refractivity contribution in [1.29, 1.82) is 0 Å². The molecule has 0 unspecified atom stereocenters. The number of aromatic nitrogens is 18. The summed E-state index contributed by atoms with van der Waals surface area (Å²) in [7, 11) is 1.94. The molecule has 0 aromatic carbocycles. The molecule has 6 rings (SSSR count). The first kappa shape index (κ1) is 61.6. The summed E-state index contributed by atoms with van der Waals surface area (Å²) in [6, 6.07) is 0. The third-order valence-electron chi connectivity index (χ3n) is 11.0. The molecule has 0 spiro atoms. The van der Waals surface area contributed by atoms with Gasteiger partial charge in [0, 0.05) is 103 Å². The number of nitrogens with zero attached hydrogens (tertiary/aromatic N) is 18. The maximum absolute atomic E-state index is 11.1. The molecule has 33 heteroatoms. The Morgan fingerprint density at radius 3 is 1.34 bits per heavy atom. The summed E-state index contributed by atoms with van der Waals surface area (Å²) in [6.07, 6.45) is 9.41. The third kappa shape index (κ3) is 23.8. The molecular formula is C47H75N29O2S2. The normalized spacial score (nSPS) is 11.1. The molecule has 0 bridgehead atoms. The van der Waals surface area contributed by atoms with E-state index in [9.17, 15) is 4.79 Å². The second kappa shape index (κ2) is 35.1. The molecule has 0 saturated carbocycles. The second-order valence-electron chi connectivity index (χ2n) is 17.7. The minimum absolute atomic E-state index is 0.0871. The van der Waals surface area contributed by atoms with Crippen LogP contribution in [0, 0.1) is 6.92 Å². The molecule has 0 saturated heterocycles. The van der Waals surface area contributed by atoms with Gasteiger partial charge in [-0.3, -0.25) is 4.79 Å². The number of anilines is 9. The fourth-order valence-corrected chi connectivity index (χ4v) is 8.04. The number of thioether (sulfide) groups is 1. The first-order valence-corrected chi connectivity index (χ1v) is 28.5. The van der Waals surface area contributed by atoms with Crippen molar-refractivity contribution in [2.45, 2.75) is 102 Å². The Morgan fingerprint density at radius 2 is 0.887 bits per heavy atom. The first-order valence-electron chi connectivity index (χ1n) is 26.9. The summed E-state index contributed by atoms with van der Waals surface area (Å²) in [4.78, 5) is 92.3. The van der Waals surface area contributed by atoms with E-state index in [2.05, 4.69) is 147 Å². The van der Waals surface area contributed by atoms with Gasteiger partial charge < -0.3 is 64.4 Å². The highest BCUT2D eigenvalue weighted by Crippen LogP contribution is 2.16. The van der Waals surface area contributed by atoms with Gasteiger partial charge in [-0.25, -0.2) is 19.9 Å². The van der Waals surface area contributed by atoms with Crippen LogP contribution in [0.2, 0.25) is 0 Å². The van der Waals surface area contributed by atoms with Crippen LogP contribution in [0.25, 0.3) is 0 Å². The Hall–Kier alpha value is -7.65. The van der Waals surface area contributed by atoms with E-state index in [1.807, 2.05) is 7.05 Å². The van der Waals surface area contributed by atoms with Gasteiger partial charge in [-0.2, -0.15) is 82.4 Å². The van der Waals surface area contributed by atoms with Crippen LogP contribution in [0.15, 0.2) is 11.5 Å². The molecule has 0 fully saturated rings. The molecule has 14 N–H and O–H groups in total. The maximum Gasteiger partial charge on any atom is 0.305 e. The summed E-state index contributed by atoms with van der Waals surface area (Å²) in [5.41, 5.74) is 11.5. The zero-order valence-electron chi connectivity index (χ0n) is 45.7. The Bertz CT molecular complexity index is 2780. The average molecular weight is 1140 g/mol. The lowest BCUT2D eigenvalue weighted by atomic mass is 10.3. The molecule has 0 amide bonds. The number of carboxylic acid groups (broad SMARTS) is 1. The summed E-state index contributed by atoms with van der Waals surface area (Å²) < 4.78 is 0. The minimum Gasteiger partial charge on any atom is -0.481 e. The summed E-state index contributed by atoms with van der Waals surface area (Å²) in [6.45, 7) is 9.25. The minimum atomic E-state index is -0.929. The molecule has 0 atom stereocenters. The lowest BCUT2D eigenvalue weighted by Crippen LogP contribution is -2.18. The second-order valence-corrected chi connectivity index (χ2v) is 19.3. The van der Waals surface area contributed by atoms with Gasteiger partial charge in [-0.15, -0.1) is 0 Å². The number of carboxylic acids is 1. The predicted molar refractivity (Wildman–Crippen MR) is 311 cm³/mol. The van der Waals surface area contributed by atoms with Crippen LogP contribution >= 0.6 is 24.4 Å². The zero-order chi connectivity index (χ0) is 56.6. The van der Waals surface area contributed by atoms with Crippen molar-refractivity contribution in [3.8, 4) is 0 Å². The number of carbonyl (C=O) groups is 1. The largest absolute Gasteiger partial charge is 0.481 e. The third-order valence-corrected chi connectivity index (χ3v) is 11.9. The van der Waals surface area contributed by atoms with Gasteiger partial charge in [0.2, 0.25) is 53.5 Å². The van der Waals surface area contributed by atoms with Crippen LogP contribution in [-0.4, -0.2) is 185 Å². The van der Waals surface area contributed by atoms with E-state index >= 15 is 0 Å². The molecule has 80 heavy (non-hydrogen) atoms. The Morgan fingerprint density at radius 1 is 0.487 bits per heavy atom. The Kier molecular flexibility index (Phi) is 27.0. The van der Waals surface area contributed by atoms with E-state index in [-0.39, 0.29) is 24.9 Å². The van der Waals surface area contributed by atoms with Crippen molar-refractivity contribution in [2.75, 3.05) is 132 Å². The van der Waals surface area contributed by atoms with E-state index in [0.29, 0.717) is 192 Å². The highest BCUT2D eigenvalue weighted by Gasteiger charge is 2.13. The number of aliphatic carboxylic acids is 1. The molecule has 6 aromatic rings. The molecule has 6 aromatic heterocycles. The van der Waals surface area contributed by atoms with Crippen LogP contribution in [-0.2, 0) is 43.3 Å². The molecule has 0 aliphatic rings. The van der Waals surface area contributed by atoms with Crippen LogP contribution in [0.4, 0.5) is 53.5 Å². The zero-order valence-corrected chi connectivity index (χ0v) is 47.4. The molecule has 6 heterocycles. The van der Waals surface area contributed by atoms with Gasteiger partial charge >= 0.3 is 5.97 Å².